The third kappa shape index (κ3) is 3.39. The lowest BCUT2D eigenvalue weighted by Gasteiger charge is -2.07. The van der Waals surface area contributed by atoms with Crippen LogP contribution in [0.1, 0.15) is 5.56 Å². The lowest BCUT2D eigenvalue weighted by atomic mass is 10.2. The zero-order valence-corrected chi connectivity index (χ0v) is 12.1. The summed E-state index contributed by atoms with van der Waals surface area (Å²) < 4.78 is 39.2. The molecular formula is C13H10BrF2NOS. The van der Waals surface area contributed by atoms with Gasteiger partial charge in [-0.2, -0.15) is 0 Å². The normalized spacial score (nSPS) is 12.4. The molecule has 0 aliphatic rings. The molecule has 0 radical (unpaired) electrons. The van der Waals surface area contributed by atoms with Crippen LogP contribution in [-0.2, 0) is 16.6 Å². The maximum atomic E-state index is 13.5. The average molecular weight is 346 g/mol. The van der Waals surface area contributed by atoms with Crippen LogP contribution in [0.3, 0.4) is 0 Å². The summed E-state index contributed by atoms with van der Waals surface area (Å²) in [5.74, 6) is -1.42. The molecule has 2 rings (SSSR count). The van der Waals surface area contributed by atoms with Gasteiger partial charge in [0.15, 0.2) is 0 Å². The van der Waals surface area contributed by atoms with E-state index in [1.165, 1.54) is 6.07 Å². The first kappa shape index (κ1) is 14.1. The first-order chi connectivity index (χ1) is 8.97. The number of halogens is 3. The zero-order chi connectivity index (χ0) is 14.0. The summed E-state index contributed by atoms with van der Waals surface area (Å²) >= 11 is 3.27. The molecule has 0 fully saturated rings. The number of rotatable bonds is 3. The summed E-state index contributed by atoms with van der Waals surface area (Å²) in [4.78, 5) is -0.0243. The van der Waals surface area contributed by atoms with Crippen LogP contribution < -0.4 is 5.73 Å². The van der Waals surface area contributed by atoms with E-state index in [0.29, 0.717) is 11.3 Å². The van der Waals surface area contributed by atoms with Crippen molar-refractivity contribution < 1.29 is 13.0 Å². The van der Waals surface area contributed by atoms with Gasteiger partial charge in [0.2, 0.25) is 0 Å². The molecule has 0 spiro atoms. The molecule has 0 aliphatic heterocycles. The molecule has 6 heteroatoms. The van der Waals surface area contributed by atoms with E-state index in [4.69, 9.17) is 5.73 Å². The maximum absolute atomic E-state index is 13.5. The van der Waals surface area contributed by atoms with E-state index >= 15 is 0 Å². The number of hydrogen-bond donors (Lipinski definition) is 1. The van der Waals surface area contributed by atoms with Gasteiger partial charge in [0, 0.05) is 16.2 Å². The highest BCUT2D eigenvalue weighted by molar-refractivity contribution is 9.10. The molecule has 0 aromatic heterocycles. The van der Waals surface area contributed by atoms with Crippen molar-refractivity contribution in [2.45, 2.75) is 10.6 Å². The minimum absolute atomic E-state index is 0.0243. The fourth-order valence-electron chi connectivity index (χ4n) is 1.58. The molecule has 1 atom stereocenters. The topological polar surface area (TPSA) is 43.1 Å². The predicted octanol–water partition coefficient (Wildman–Crippen LogP) is 3.62. The van der Waals surface area contributed by atoms with Crippen molar-refractivity contribution in [3.05, 3.63) is 58.1 Å². The van der Waals surface area contributed by atoms with Gasteiger partial charge in [0.25, 0.3) is 0 Å². The van der Waals surface area contributed by atoms with Crippen molar-refractivity contribution >= 4 is 32.4 Å². The van der Waals surface area contributed by atoms with Crippen molar-refractivity contribution in [3.8, 4) is 0 Å². The summed E-state index contributed by atoms with van der Waals surface area (Å²) in [5.41, 5.74) is 6.93. The molecule has 0 bridgehead atoms. The Kier molecular flexibility index (Phi) is 4.31. The minimum atomic E-state index is -1.61. The molecule has 0 heterocycles. The van der Waals surface area contributed by atoms with Gasteiger partial charge in [-0.15, -0.1) is 0 Å². The Balaban J connectivity index is 2.25. The number of anilines is 1. The van der Waals surface area contributed by atoms with E-state index in [9.17, 15) is 13.0 Å². The molecule has 0 saturated heterocycles. The van der Waals surface area contributed by atoms with Crippen LogP contribution in [0, 0.1) is 11.6 Å². The highest BCUT2D eigenvalue weighted by Gasteiger charge is 2.13. The average Bonchev–Trinajstić information content (AvgIpc) is 2.32. The van der Waals surface area contributed by atoms with Crippen molar-refractivity contribution in [1.29, 1.82) is 0 Å². The van der Waals surface area contributed by atoms with Crippen molar-refractivity contribution in [3.63, 3.8) is 0 Å². The van der Waals surface area contributed by atoms with E-state index in [1.807, 2.05) is 0 Å². The third-order valence-electron chi connectivity index (χ3n) is 2.53. The van der Waals surface area contributed by atoms with Crippen LogP contribution in [0.4, 0.5) is 14.5 Å². The molecule has 1 unspecified atom stereocenters. The van der Waals surface area contributed by atoms with Gasteiger partial charge < -0.3 is 5.73 Å². The molecule has 2 N–H and O–H groups in total. The fourth-order valence-corrected chi connectivity index (χ4v) is 3.15. The lowest BCUT2D eigenvalue weighted by Crippen LogP contribution is -2.02. The Bertz CT molecular complexity index is 649. The smallest absolute Gasteiger partial charge is 0.142 e. The summed E-state index contributed by atoms with van der Waals surface area (Å²) in [6, 6.07) is 8.17. The van der Waals surface area contributed by atoms with Crippen LogP contribution in [-0.4, -0.2) is 4.21 Å². The molecule has 2 aromatic rings. The Morgan fingerprint density at radius 2 is 1.89 bits per heavy atom. The van der Waals surface area contributed by atoms with Crippen LogP contribution in [0.5, 0.6) is 0 Å². The Labute approximate surface area is 120 Å². The van der Waals surface area contributed by atoms with Crippen LogP contribution in [0.2, 0.25) is 0 Å². The van der Waals surface area contributed by atoms with Gasteiger partial charge in [0.1, 0.15) is 11.6 Å². The number of nitrogen functional groups attached to an aromatic ring is 1. The quantitative estimate of drug-likeness (QED) is 0.863. The highest BCUT2D eigenvalue weighted by Crippen LogP contribution is 2.23. The van der Waals surface area contributed by atoms with E-state index in [0.717, 1.165) is 16.6 Å². The molecule has 0 aliphatic carbocycles. The first-order valence-corrected chi connectivity index (χ1v) is 7.46. The van der Waals surface area contributed by atoms with Gasteiger partial charge in [-0.3, -0.25) is 4.21 Å². The molecular weight excluding hydrogens is 336 g/mol. The number of benzene rings is 2. The summed E-state index contributed by atoms with van der Waals surface area (Å²) in [7, 11) is -1.61. The van der Waals surface area contributed by atoms with Gasteiger partial charge >= 0.3 is 0 Å². The molecule has 2 aromatic carbocycles. The largest absolute Gasteiger partial charge is 0.398 e. The van der Waals surface area contributed by atoms with Gasteiger partial charge in [-0.25, -0.2) is 8.78 Å². The molecule has 100 valence electrons. The van der Waals surface area contributed by atoms with Crippen LogP contribution in [0.15, 0.2) is 45.8 Å². The van der Waals surface area contributed by atoms with E-state index < -0.39 is 22.4 Å². The van der Waals surface area contributed by atoms with E-state index in [-0.39, 0.29) is 10.6 Å². The van der Waals surface area contributed by atoms with Crippen molar-refractivity contribution in [2.75, 3.05) is 5.73 Å². The maximum Gasteiger partial charge on any atom is 0.142 e. The zero-order valence-electron chi connectivity index (χ0n) is 9.70. The van der Waals surface area contributed by atoms with Gasteiger partial charge in [0.05, 0.1) is 21.4 Å². The molecule has 0 saturated carbocycles. The third-order valence-corrected chi connectivity index (χ3v) is 4.42. The second-order valence-electron chi connectivity index (χ2n) is 3.91. The first-order valence-electron chi connectivity index (χ1n) is 5.34. The SMILES string of the molecule is Nc1cc(Br)ccc1CS(=O)c1ccc(F)cc1F. The lowest BCUT2D eigenvalue weighted by molar-refractivity contribution is 0.562. The molecule has 19 heavy (non-hydrogen) atoms. The Morgan fingerprint density at radius 1 is 1.16 bits per heavy atom. The Hall–Kier alpha value is -1.27. The van der Waals surface area contributed by atoms with Gasteiger partial charge in [-0.05, 0) is 29.8 Å². The standard InChI is InChI=1S/C13H10BrF2NOS/c14-9-2-1-8(12(17)5-9)7-19(18)13-4-3-10(15)6-11(13)16/h1-6H,7,17H2. The second kappa shape index (κ2) is 5.79. The van der Waals surface area contributed by atoms with E-state index in [1.54, 1.807) is 18.2 Å². The fraction of sp³-hybridized carbons (Fsp3) is 0.0769. The highest BCUT2D eigenvalue weighted by atomic mass is 79.9. The van der Waals surface area contributed by atoms with Crippen molar-refractivity contribution in [2.24, 2.45) is 0 Å². The number of hydrogen-bond acceptors (Lipinski definition) is 2. The van der Waals surface area contributed by atoms with Crippen LogP contribution >= 0.6 is 15.9 Å². The van der Waals surface area contributed by atoms with Crippen molar-refractivity contribution in [1.82, 2.24) is 0 Å². The summed E-state index contributed by atoms with van der Waals surface area (Å²) in [5, 5.41) is 0. The van der Waals surface area contributed by atoms with E-state index in [2.05, 4.69) is 15.9 Å². The van der Waals surface area contributed by atoms with Gasteiger partial charge in [-0.1, -0.05) is 22.0 Å². The predicted molar refractivity (Wildman–Crippen MR) is 75.0 cm³/mol. The second-order valence-corrected chi connectivity index (χ2v) is 6.24. The Morgan fingerprint density at radius 3 is 2.53 bits per heavy atom. The summed E-state index contributed by atoms with van der Waals surface area (Å²) in [6.07, 6.45) is 0. The molecule has 0 amide bonds. The minimum Gasteiger partial charge on any atom is -0.398 e. The van der Waals surface area contributed by atoms with Crippen LogP contribution in [0.25, 0.3) is 0 Å². The summed E-state index contributed by atoms with van der Waals surface area (Å²) in [6.45, 7) is 0. The molecule has 2 nitrogen and oxygen atoms in total. The monoisotopic (exact) mass is 345 g/mol. The number of nitrogens with two attached hydrogens (primary N) is 1.